The summed E-state index contributed by atoms with van der Waals surface area (Å²) in [6, 6.07) is 32.8. The number of benzene rings is 3. The molecule has 1 heterocycles. The minimum atomic E-state index is -0.672. The molecular weight excluding hydrogens is 895 g/mol. The van der Waals surface area contributed by atoms with E-state index in [2.05, 4.69) is 126 Å². The number of methoxy groups -OCH3 is 2. The van der Waals surface area contributed by atoms with Crippen molar-refractivity contribution in [2.75, 3.05) is 105 Å². The maximum atomic E-state index is 11.5. The van der Waals surface area contributed by atoms with E-state index in [0.29, 0.717) is 70.9 Å². The lowest BCUT2D eigenvalue weighted by Gasteiger charge is -2.35. The average molecular weight is 972 g/mol. The lowest BCUT2D eigenvalue weighted by molar-refractivity contribution is -0.198. The molecule has 0 aliphatic carbocycles. The Morgan fingerprint density at radius 1 is 0.597 bits per heavy atom. The molecule has 1 aliphatic rings. The molecule has 3 N–H and O–H groups in total. The molecule has 3 aromatic carbocycles. The number of nitrogens with one attached hydrogen (secondary N) is 1. The van der Waals surface area contributed by atoms with Crippen LogP contribution in [0.1, 0.15) is 93.7 Å². The molecule has 0 spiro atoms. The molecule has 1 aliphatic heterocycles. The highest BCUT2D eigenvalue weighted by Crippen LogP contribution is 2.48. The topological polar surface area (TPSA) is 174 Å². The Morgan fingerprint density at radius 2 is 1.03 bits per heavy atom. The fourth-order valence-electron chi connectivity index (χ4n) is 6.55. The van der Waals surface area contributed by atoms with E-state index in [0.717, 1.165) is 50.3 Å². The molecule has 14 nitrogen and oxygen atoms in total. The Labute approximate surface area is 409 Å². The number of nitrogens with two attached hydrogens (primary N) is 1. The maximum absolute atomic E-state index is 11.5. The van der Waals surface area contributed by atoms with Crippen molar-refractivity contribution < 1.29 is 52.4 Å². The number of hydroxylamine groups is 2. The number of carbonyl (C=O) groups excluding carboxylic acids is 4. The predicted octanol–water partition coefficient (Wildman–Crippen LogP) is 7.56. The van der Waals surface area contributed by atoms with Crippen LogP contribution in [-0.4, -0.2) is 134 Å². The van der Waals surface area contributed by atoms with Gasteiger partial charge in [-0.3, -0.25) is 14.4 Å². The van der Waals surface area contributed by atoms with Gasteiger partial charge in [-0.2, -0.15) is 12.6 Å². The summed E-state index contributed by atoms with van der Waals surface area (Å²) in [6.07, 6.45) is 9.90. The van der Waals surface area contributed by atoms with E-state index in [1.807, 2.05) is 0 Å². The van der Waals surface area contributed by atoms with Crippen molar-refractivity contribution in [2.45, 2.75) is 81.8 Å². The van der Waals surface area contributed by atoms with Gasteiger partial charge < -0.3 is 44.3 Å². The first-order valence-electron chi connectivity index (χ1n) is 23.6. The zero-order valence-electron chi connectivity index (χ0n) is 39.9. The fourth-order valence-corrected chi connectivity index (χ4v) is 8.34. The highest BCUT2D eigenvalue weighted by Gasteiger charge is 2.36. The quantitative estimate of drug-likeness (QED) is 0.0228. The van der Waals surface area contributed by atoms with Crippen molar-refractivity contribution in [2.24, 2.45) is 5.73 Å². The maximum Gasteiger partial charge on any atom is 0.335 e. The van der Waals surface area contributed by atoms with Gasteiger partial charge in [-0.15, -0.1) is 16.8 Å². The molecule has 0 radical (unpaired) electrons. The van der Waals surface area contributed by atoms with Gasteiger partial charge in [0.05, 0.1) is 77.2 Å². The first-order valence-corrected chi connectivity index (χ1v) is 25.2. The Bertz CT molecular complexity index is 1580. The first kappa shape index (κ1) is 59.3. The minimum Gasteiger partial charge on any atom is -0.382 e. The van der Waals surface area contributed by atoms with E-state index in [1.165, 1.54) is 42.4 Å². The fraction of sp³-hybridized carbons (Fsp3) is 0.569. The van der Waals surface area contributed by atoms with Gasteiger partial charge in [0, 0.05) is 40.0 Å². The summed E-state index contributed by atoms with van der Waals surface area (Å²) in [5.41, 5.74) is 9.66. The molecular formula is C51H77N3O11S2. The average Bonchev–Trinajstić information content (AvgIpc) is 3.67. The van der Waals surface area contributed by atoms with Crippen molar-refractivity contribution in [3.8, 4) is 0 Å². The van der Waals surface area contributed by atoms with Crippen molar-refractivity contribution in [1.29, 1.82) is 0 Å². The van der Waals surface area contributed by atoms with Gasteiger partial charge in [-0.1, -0.05) is 117 Å². The zero-order valence-corrected chi connectivity index (χ0v) is 41.6. The lowest BCUT2D eigenvalue weighted by Crippen LogP contribution is -2.32. The molecule has 374 valence electrons. The third kappa shape index (κ3) is 26.5. The van der Waals surface area contributed by atoms with E-state index >= 15 is 0 Å². The van der Waals surface area contributed by atoms with Gasteiger partial charge in [0.15, 0.2) is 0 Å². The summed E-state index contributed by atoms with van der Waals surface area (Å²) in [5.74, 6) is 0.474. The standard InChI is InChI=1S/C25H29NS.C14H29NO4S.C12H19NO7/c26-20-12-1-2-13-21-27-25(22-14-6-3-7-15-22,23-16-8-4-9-17-23)24-18-10-5-11-19-24;1-17-9-10-19-12-11-18-8-6-14(16)15-7-4-2-3-5-13-20;1-17-6-7-19-9-8-18-5-4-12(16)20-13-10(14)2-3-11(13)15/h3-11,14-19H,1-2,12-13,20-21,26H2;20H,2-13H2,1H3,(H,15,16);2-9H2,1H3. The predicted molar refractivity (Wildman–Crippen MR) is 268 cm³/mol. The third-order valence-electron chi connectivity index (χ3n) is 10.1. The second kappa shape index (κ2) is 40.1. The number of hydrogen-bond donors (Lipinski definition) is 3. The summed E-state index contributed by atoms with van der Waals surface area (Å²) in [4.78, 5) is 49.9. The number of hydrogen-bond acceptors (Lipinski definition) is 14. The Morgan fingerprint density at radius 3 is 1.51 bits per heavy atom. The number of nitrogens with zero attached hydrogens (tertiary/aromatic N) is 1. The van der Waals surface area contributed by atoms with Gasteiger partial charge in [-0.05, 0) is 60.4 Å². The molecule has 3 amide bonds. The number of amides is 3. The van der Waals surface area contributed by atoms with Crippen LogP contribution in [0.25, 0.3) is 0 Å². The van der Waals surface area contributed by atoms with Crippen LogP contribution in [0, 0.1) is 0 Å². The molecule has 0 bridgehead atoms. The number of thioether (sulfide) groups is 1. The molecule has 1 saturated heterocycles. The molecule has 0 atom stereocenters. The van der Waals surface area contributed by atoms with E-state index in [9.17, 15) is 19.2 Å². The van der Waals surface area contributed by atoms with Crippen LogP contribution < -0.4 is 11.1 Å². The number of thiol groups is 1. The van der Waals surface area contributed by atoms with Gasteiger partial charge in [0.25, 0.3) is 11.8 Å². The van der Waals surface area contributed by atoms with Gasteiger partial charge in [-0.25, -0.2) is 4.79 Å². The number of rotatable bonds is 35. The van der Waals surface area contributed by atoms with Gasteiger partial charge in [0.1, 0.15) is 0 Å². The number of ether oxygens (including phenoxy) is 6. The Kier molecular flexibility index (Phi) is 35.5. The molecule has 4 rings (SSSR count). The van der Waals surface area contributed by atoms with E-state index in [-0.39, 0.29) is 36.5 Å². The largest absolute Gasteiger partial charge is 0.382 e. The van der Waals surface area contributed by atoms with Crippen LogP contribution in [0.15, 0.2) is 91.0 Å². The van der Waals surface area contributed by atoms with Crippen LogP contribution in [0.3, 0.4) is 0 Å². The summed E-state index contributed by atoms with van der Waals surface area (Å²) in [7, 11) is 3.22. The molecule has 0 unspecified atom stereocenters. The molecule has 3 aromatic rings. The van der Waals surface area contributed by atoms with Crippen LogP contribution >= 0.6 is 24.4 Å². The van der Waals surface area contributed by atoms with Crippen molar-refractivity contribution >= 4 is 48.1 Å². The lowest BCUT2D eigenvalue weighted by atomic mass is 9.84. The summed E-state index contributed by atoms with van der Waals surface area (Å²) in [6.45, 7) is 6.12. The molecule has 67 heavy (non-hydrogen) atoms. The van der Waals surface area contributed by atoms with E-state index < -0.39 is 17.8 Å². The first-order chi connectivity index (χ1) is 32.8. The Balaban J connectivity index is 0.000000352. The molecule has 0 aromatic heterocycles. The monoisotopic (exact) mass is 971 g/mol. The second-order valence-electron chi connectivity index (χ2n) is 15.3. The number of carbonyl (C=O) groups is 4. The van der Waals surface area contributed by atoms with Crippen LogP contribution in [0.5, 0.6) is 0 Å². The SMILES string of the molecule is COCCOCCOCCC(=O)NCCCCCCS.COCCOCCOCCC(=O)ON1C(=O)CCC1=O.NCCCCCCSC(c1ccccc1)(c1ccccc1)c1ccccc1. The van der Waals surface area contributed by atoms with Crippen LogP contribution in [-0.2, 0) is 57.2 Å². The minimum absolute atomic E-state index is 0.0326. The summed E-state index contributed by atoms with van der Waals surface area (Å²) in [5, 5.41) is 3.42. The van der Waals surface area contributed by atoms with Gasteiger partial charge >= 0.3 is 5.97 Å². The van der Waals surface area contributed by atoms with E-state index in [4.69, 9.17) is 34.2 Å². The number of imide groups is 1. The van der Waals surface area contributed by atoms with Crippen molar-refractivity contribution in [3.63, 3.8) is 0 Å². The normalized spacial score (nSPS) is 12.3. The van der Waals surface area contributed by atoms with Crippen molar-refractivity contribution in [3.05, 3.63) is 108 Å². The van der Waals surface area contributed by atoms with Gasteiger partial charge in [0.2, 0.25) is 5.91 Å². The highest BCUT2D eigenvalue weighted by molar-refractivity contribution is 8.00. The van der Waals surface area contributed by atoms with E-state index in [1.54, 1.807) is 14.2 Å². The second-order valence-corrected chi connectivity index (χ2v) is 17.1. The smallest absolute Gasteiger partial charge is 0.335 e. The summed E-state index contributed by atoms with van der Waals surface area (Å²) < 4.78 is 30.3. The molecule has 0 saturated carbocycles. The highest BCUT2D eigenvalue weighted by atomic mass is 32.2. The van der Waals surface area contributed by atoms with Crippen LogP contribution in [0.2, 0.25) is 0 Å². The molecule has 1 fully saturated rings. The van der Waals surface area contributed by atoms with Crippen LogP contribution in [0.4, 0.5) is 0 Å². The zero-order chi connectivity index (χ0) is 48.5. The Hall–Kier alpha value is -3.84. The summed E-state index contributed by atoms with van der Waals surface area (Å²) >= 11 is 6.21. The number of unbranched alkanes of at least 4 members (excludes halogenated alkanes) is 6. The van der Waals surface area contributed by atoms with Crippen molar-refractivity contribution in [1.82, 2.24) is 10.4 Å². The molecule has 16 heteroatoms. The third-order valence-corrected chi connectivity index (χ3v) is 12.0.